The van der Waals surface area contributed by atoms with Crippen molar-refractivity contribution in [1.82, 2.24) is 0 Å². The summed E-state index contributed by atoms with van der Waals surface area (Å²) in [5.74, 6) is 0.860. The highest BCUT2D eigenvalue weighted by atomic mass is 16.1. The molecule has 1 aliphatic carbocycles. The Balaban J connectivity index is 2.11. The molecule has 1 fully saturated rings. The lowest BCUT2D eigenvalue weighted by molar-refractivity contribution is -0.112. The molecule has 2 rings (SSSR count). The molecule has 0 amide bonds. The predicted octanol–water partition coefficient (Wildman–Crippen LogP) is 5.12. The first-order valence-corrected chi connectivity index (χ1v) is 7.46. The van der Waals surface area contributed by atoms with Gasteiger partial charge in [0.25, 0.3) is 0 Å². The molecule has 1 aliphatic rings. The van der Waals surface area contributed by atoms with Gasteiger partial charge in [-0.2, -0.15) is 0 Å². The monoisotopic (exact) mass is 256 g/mol. The number of allylic oxidation sites excluding steroid dienone is 2. The molecule has 1 aromatic rings. The van der Waals surface area contributed by atoms with E-state index in [4.69, 9.17) is 0 Å². The van der Waals surface area contributed by atoms with Gasteiger partial charge < -0.3 is 0 Å². The second-order valence-electron chi connectivity index (χ2n) is 5.75. The molecule has 0 atom stereocenters. The molecule has 1 aromatic carbocycles. The number of hydrogen-bond donors (Lipinski definition) is 0. The average molecular weight is 256 g/mol. The van der Waals surface area contributed by atoms with Crippen molar-refractivity contribution in [2.24, 2.45) is 0 Å². The van der Waals surface area contributed by atoms with Crippen LogP contribution in [0.3, 0.4) is 0 Å². The van der Waals surface area contributed by atoms with E-state index in [1.54, 1.807) is 13.0 Å². The van der Waals surface area contributed by atoms with Crippen LogP contribution in [-0.2, 0) is 4.79 Å². The number of carbonyl (C=O) groups is 1. The van der Waals surface area contributed by atoms with Gasteiger partial charge >= 0.3 is 0 Å². The number of rotatable bonds is 3. The highest BCUT2D eigenvalue weighted by Gasteiger charge is 2.14. The van der Waals surface area contributed by atoms with Crippen LogP contribution in [0.1, 0.15) is 69.4 Å². The van der Waals surface area contributed by atoms with Gasteiger partial charge in [0.1, 0.15) is 0 Å². The van der Waals surface area contributed by atoms with Gasteiger partial charge in [-0.1, -0.05) is 49.9 Å². The van der Waals surface area contributed by atoms with Crippen molar-refractivity contribution >= 4 is 11.4 Å². The molecule has 102 valence electrons. The first kappa shape index (κ1) is 14.0. The van der Waals surface area contributed by atoms with Crippen molar-refractivity contribution < 1.29 is 4.79 Å². The Kier molecular flexibility index (Phi) is 4.95. The summed E-state index contributed by atoms with van der Waals surface area (Å²) in [7, 11) is 0. The third kappa shape index (κ3) is 4.05. The topological polar surface area (TPSA) is 17.1 Å². The number of hydrogen-bond acceptors (Lipinski definition) is 1. The van der Waals surface area contributed by atoms with Gasteiger partial charge in [0.15, 0.2) is 5.78 Å². The van der Waals surface area contributed by atoms with Crippen LogP contribution in [0.15, 0.2) is 30.3 Å². The molecule has 0 aliphatic heterocycles. The first-order chi connectivity index (χ1) is 9.16. The quantitative estimate of drug-likeness (QED) is 0.542. The number of benzene rings is 1. The van der Waals surface area contributed by atoms with Crippen molar-refractivity contribution in [3.05, 3.63) is 41.5 Å². The average Bonchev–Trinajstić information content (AvgIpc) is 2.67. The summed E-state index contributed by atoms with van der Waals surface area (Å²) in [5, 5.41) is 0. The lowest BCUT2D eigenvalue weighted by atomic mass is 9.90. The molecule has 0 heterocycles. The highest BCUT2D eigenvalue weighted by Crippen LogP contribution is 2.32. The molecular weight excluding hydrogens is 232 g/mol. The maximum Gasteiger partial charge on any atom is 0.152 e. The SMILES string of the molecule is CC(=O)/C=C(\C)c1ccc(C2CCCCCC2)cc1. The van der Waals surface area contributed by atoms with Crippen molar-refractivity contribution in [3.8, 4) is 0 Å². The smallest absolute Gasteiger partial charge is 0.152 e. The Labute approximate surface area is 116 Å². The lowest BCUT2D eigenvalue weighted by Gasteiger charge is -2.15. The van der Waals surface area contributed by atoms with E-state index in [-0.39, 0.29) is 5.78 Å². The Morgan fingerprint density at radius 3 is 2.11 bits per heavy atom. The van der Waals surface area contributed by atoms with Gasteiger partial charge in [0.2, 0.25) is 0 Å². The molecule has 0 unspecified atom stereocenters. The zero-order chi connectivity index (χ0) is 13.7. The minimum absolute atomic E-state index is 0.116. The zero-order valence-electron chi connectivity index (χ0n) is 12.1. The lowest BCUT2D eigenvalue weighted by Crippen LogP contribution is -1.97. The Morgan fingerprint density at radius 1 is 1.00 bits per heavy atom. The third-order valence-electron chi connectivity index (χ3n) is 4.11. The summed E-state index contributed by atoms with van der Waals surface area (Å²) in [5.41, 5.74) is 3.69. The fraction of sp³-hybridized carbons (Fsp3) is 0.500. The van der Waals surface area contributed by atoms with E-state index in [0.717, 1.165) is 17.1 Å². The maximum absolute atomic E-state index is 11.1. The zero-order valence-corrected chi connectivity index (χ0v) is 12.1. The summed E-state index contributed by atoms with van der Waals surface area (Å²) in [6, 6.07) is 8.83. The second-order valence-corrected chi connectivity index (χ2v) is 5.75. The van der Waals surface area contributed by atoms with Crippen LogP contribution < -0.4 is 0 Å². The van der Waals surface area contributed by atoms with Crippen molar-refractivity contribution in [1.29, 1.82) is 0 Å². The van der Waals surface area contributed by atoms with Crippen LogP contribution in [0.25, 0.3) is 5.57 Å². The second kappa shape index (κ2) is 6.70. The van der Waals surface area contributed by atoms with E-state index in [2.05, 4.69) is 24.3 Å². The Morgan fingerprint density at radius 2 is 1.58 bits per heavy atom. The van der Waals surface area contributed by atoms with Crippen molar-refractivity contribution in [3.63, 3.8) is 0 Å². The fourth-order valence-corrected chi connectivity index (χ4v) is 3.02. The van der Waals surface area contributed by atoms with E-state index in [0.29, 0.717) is 0 Å². The van der Waals surface area contributed by atoms with Gasteiger partial charge in [0, 0.05) is 0 Å². The molecule has 0 spiro atoms. The van der Waals surface area contributed by atoms with Crippen LogP contribution >= 0.6 is 0 Å². The standard InChI is InChI=1S/C18H24O/c1-14(13-15(2)19)16-9-11-18(12-10-16)17-7-5-3-4-6-8-17/h9-13,17H,3-8H2,1-2H3/b14-13+. The number of ketones is 1. The molecule has 0 radical (unpaired) electrons. The summed E-state index contributed by atoms with van der Waals surface area (Å²) in [6.45, 7) is 3.60. The molecule has 1 nitrogen and oxygen atoms in total. The molecule has 0 N–H and O–H groups in total. The molecule has 19 heavy (non-hydrogen) atoms. The van der Waals surface area contributed by atoms with E-state index < -0.39 is 0 Å². The third-order valence-corrected chi connectivity index (χ3v) is 4.11. The molecule has 0 aromatic heterocycles. The Hall–Kier alpha value is -1.37. The minimum Gasteiger partial charge on any atom is -0.295 e. The highest BCUT2D eigenvalue weighted by molar-refractivity contribution is 5.94. The number of carbonyl (C=O) groups excluding carboxylic acids is 1. The predicted molar refractivity (Wildman–Crippen MR) is 81.2 cm³/mol. The van der Waals surface area contributed by atoms with Gasteiger partial charge in [-0.25, -0.2) is 0 Å². The van der Waals surface area contributed by atoms with Crippen LogP contribution in [-0.4, -0.2) is 5.78 Å². The van der Waals surface area contributed by atoms with Gasteiger partial charge in [-0.05, 0) is 55.4 Å². The summed E-state index contributed by atoms with van der Waals surface area (Å²) in [6.07, 6.45) is 9.92. The fourth-order valence-electron chi connectivity index (χ4n) is 3.02. The summed E-state index contributed by atoms with van der Waals surface area (Å²) < 4.78 is 0. The minimum atomic E-state index is 0.116. The van der Waals surface area contributed by atoms with E-state index in [1.807, 2.05) is 6.92 Å². The molecule has 0 bridgehead atoms. The van der Waals surface area contributed by atoms with Gasteiger partial charge in [0.05, 0.1) is 0 Å². The maximum atomic E-state index is 11.1. The molecule has 1 saturated carbocycles. The van der Waals surface area contributed by atoms with Gasteiger partial charge in [-0.15, -0.1) is 0 Å². The van der Waals surface area contributed by atoms with Crippen molar-refractivity contribution in [2.45, 2.75) is 58.3 Å². The van der Waals surface area contributed by atoms with Crippen LogP contribution in [0.4, 0.5) is 0 Å². The van der Waals surface area contributed by atoms with E-state index >= 15 is 0 Å². The normalized spacial score (nSPS) is 18.1. The summed E-state index contributed by atoms with van der Waals surface area (Å²) in [4.78, 5) is 11.1. The molecule has 1 heteroatoms. The van der Waals surface area contributed by atoms with Gasteiger partial charge in [-0.3, -0.25) is 4.79 Å². The largest absolute Gasteiger partial charge is 0.295 e. The molecule has 0 saturated heterocycles. The van der Waals surface area contributed by atoms with Crippen molar-refractivity contribution in [2.75, 3.05) is 0 Å². The van der Waals surface area contributed by atoms with E-state index in [1.165, 1.54) is 44.1 Å². The Bertz CT molecular complexity index is 445. The van der Waals surface area contributed by atoms with Crippen LogP contribution in [0, 0.1) is 0 Å². The summed E-state index contributed by atoms with van der Waals surface area (Å²) >= 11 is 0. The van der Waals surface area contributed by atoms with Crippen LogP contribution in [0.2, 0.25) is 0 Å². The van der Waals surface area contributed by atoms with Crippen LogP contribution in [0.5, 0.6) is 0 Å². The van der Waals surface area contributed by atoms with E-state index in [9.17, 15) is 4.79 Å². The first-order valence-electron chi connectivity index (χ1n) is 7.46. The molecular formula is C18H24O.